The molecular weight excluding hydrogens is 264 g/mol. The molecule has 112 valence electrons. The topological polar surface area (TPSA) is 15.7 Å². The first-order chi connectivity index (χ1) is 9.46. The maximum Gasteiger partial charge on any atom is 0.183 e. The summed E-state index contributed by atoms with van der Waals surface area (Å²) in [4.78, 5) is 5.03. The lowest BCUT2D eigenvalue weighted by atomic mass is 10.1. The number of para-hydroxylation sites is 1. The predicted molar refractivity (Wildman–Crippen MR) is 89.1 cm³/mol. The summed E-state index contributed by atoms with van der Waals surface area (Å²) in [7, 11) is -1.35. The predicted octanol–water partition coefficient (Wildman–Crippen LogP) is 2.97. The van der Waals surface area contributed by atoms with Crippen molar-refractivity contribution in [3.63, 3.8) is 0 Å². The van der Waals surface area contributed by atoms with Gasteiger partial charge in [-0.15, -0.1) is 0 Å². The second-order valence-electron chi connectivity index (χ2n) is 6.58. The molecule has 0 saturated carbocycles. The normalized spacial score (nSPS) is 17.5. The van der Waals surface area contributed by atoms with Crippen molar-refractivity contribution in [2.75, 3.05) is 44.2 Å². The van der Waals surface area contributed by atoms with Crippen molar-refractivity contribution in [3.8, 4) is 0 Å². The molecule has 1 aromatic rings. The van der Waals surface area contributed by atoms with E-state index in [0.29, 0.717) is 0 Å². The van der Waals surface area contributed by atoms with Gasteiger partial charge in [0, 0.05) is 45.0 Å². The van der Waals surface area contributed by atoms with Crippen molar-refractivity contribution in [2.24, 2.45) is 0 Å². The van der Waals surface area contributed by atoms with E-state index in [1.807, 2.05) is 0 Å². The Kier molecular flexibility index (Phi) is 5.24. The molecule has 1 heterocycles. The maximum absolute atomic E-state index is 5.95. The van der Waals surface area contributed by atoms with Gasteiger partial charge in [-0.3, -0.25) is 4.90 Å². The van der Waals surface area contributed by atoms with Crippen LogP contribution in [0.5, 0.6) is 0 Å². The summed E-state index contributed by atoms with van der Waals surface area (Å²) in [5.41, 5.74) is 2.77. The standard InChI is InChI=1S/C16H28N2OSi/c1-15-7-5-6-8-16(15)18-11-9-17(10-12-18)13-14-19-20(2,3)4/h5-8H,9-14H2,1-4H3. The van der Waals surface area contributed by atoms with Gasteiger partial charge in [-0.1, -0.05) is 18.2 Å². The van der Waals surface area contributed by atoms with Crippen LogP contribution in [0, 0.1) is 6.92 Å². The first-order valence-electron chi connectivity index (χ1n) is 7.62. The third-order valence-electron chi connectivity index (χ3n) is 3.77. The highest BCUT2D eigenvalue weighted by molar-refractivity contribution is 6.69. The fourth-order valence-electron chi connectivity index (χ4n) is 2.61. The summed E-state index contributed by atoms with van der Waals surface area (Å²) >= 11 is 0. The molecule has 0 unspecified atom stereocenters. The molecule has 3 nitrogen and oxygen atoms in total. The number of rotatable bonds is 5. The lowest BCUT2D eigenvalue weighted by Crippen LogP contribution is -2.48. The molecule has 0 aliphatic carbocycles. The highest BCUT2D eigenvalue weighted by atomic mass is 28.4. The molecule has 2 rings (SSSR count). The fourth-order valence-corrected chi connectivity index (χ4v) is 3.32. The molecule has 4 heteroatoms. The lowest BCUT2D eigenvalue weighted by Gasteiger charge is -2.37. The average Bonchev–Trinajstić information content (AvgIpc) is 2.39. The minimum atomic E-state index is -1.35. The van der Waals surface area contributed by atoms with E-state index in [1.165, 1.54) is 11.3 Å². The van der Waals surface area contributed by atoms with Crippen molar-refractivity contribution in [2.45, 2.75) is 26.6 Å². The highest BCUT2D eigenvalue weighted by Crippen LogP contribution is 2.20. The Labute approximate surface area is 124 Å². The summed E-state index contributed by atoms with van der Waals surface area (Å²) < 4.78 is 5.95. The Morgan fingerprint density at radius 1 is 1.05 bits per heavy atom. The third-order valence-corrected chi connectivity index (χ3v) is 4.84. The molecule has 1 aliphatic rings. The number of nitrogens with zero attached hydrogens (tertiary/aromatic N) is 2. The summed E-state index contributed by atoms with van der Waals surface area (Å²) in [6.45, 7) is 15.5. The SMILES string of the molecule is Cc1ccccc1N1CCN(CCO[Si](C)(C)C)CC1. The van der Waals surface area contributed by atoms with Gasteiger partial charge in [-0.2, -0.15) is 0 Å². The summed E-state index contributed by atoms with van der Waals surface area (Å²) in [6.07, 6.45) is 0. The Balaban J connectivity index is 1.77. The molecular formula is C16H28N2OSi. The minimum absolute atomic E-state index is 0.889. The van der Waals surface area contributed by atoms with Crippen LogP contribution in [0.4, 0.5) is 5.69 Å². The van der Waals surface area contributed by atoms with Crippen LogP contribution in [0.25, 0.3) is 0 Å². The van der Waals surface area contributed by atoms with Crippen molar-refractivity contribution >= 4 is 14.0 Å². The first-order valence-corrected chi connectivity index (χ1v) is 11.0. The first kappa shape index (κ1) is 15.5. The molecule has 0 bridgehead atoms. The molecule has 1 fully saturated rings. The van der Waals surface area contributed by atoms with Gasteiger partial charge in [0.05, 0.1) is 0 Å². The number of hydrogen-bond donors (Lipinski definition) is 0. The zero-order valence-corrected chi connectivity index (χ0v) is 14.4. The van der Waals surface area contributed by atoms with Gasteiger partial charge in [-0.25, -0.2) is 0 Å². The van der Waals surface area contributed by atoms with Crippen LogP contribution in [0.1, 0.15) is 5.56 Å². The van der Waals surface area contributed by atoms with Crippen molar-refractivity contribution in [3.05, 3.63) is 29.8 Å². The Bertz CT molecular complexity index is 423. The summed E-state index contributed by atoms with van der Waals surface area (Å²) in [5.74, 6) is 0. The number of piperazine rings is 1. The molecule has 1 aromatic carbocycles. The van der Waals surface area contributed by atoms with Gasteiger partial charge in [0.15, 0.2) is 8.32 Å². The highest BCUT2D eigenvalue weighted by Gasteiger charge is 2.19. The molecule has 20 heavy (non-hydrogen) atoms. The number of aryl methyl sites for hydroxylation is 1. The van der Waals surface area contributed by atoms with E-state index in [2.05, 4.69) is 60.6 Å². The molecule has 1 saturated heterocycles. The van der Waals surface area contributed by atoms with Crippen LogP contribution < -0.4 is 4.90 Å². The second kappa shape index (κ2) is 6.74. The van der Waals surface area contributed by atoms with E-state index >= 15 is 0 Å². The van der Waals surface area contributed by atoms with Crippen LogP contribution in [0.2, 0.25) is 19.6 Å². The second-order valence-corrected chi connectivity index (χ2v) is 11.1. The van der Waals surface area contributed by atoms with Crippen molar-refractivity contribution in [1.82, 2.24) is 4.90 Å². The quantitative estimate of drug-likeness (QED) is 0.776. The number of hydrogen-bond acceptors (Lipinski definition) is 3. The molecule has 0 atom stereocenters. The molecule has 0 aromatic heterocycles. The number of benzene rings is 1. The van der Waals surface area contributed by atoms with Gasteiger partial charge in [-0.05, 0) is 38.2 Å². The molecule has 1 aliphatic heterocycles. The van der Waals surface area contributed by atoms with E-state index in [-0.39, 0.29) is 0 Å². The van der Waals surface area contributed by atoms with Crippen LogP contribution >= 0.6 is 0 Å². The lowest BCUT2D eigenvalue weighted by molar-refractivity contribution is 0.197. The average molecular weight is 292 g/mol. The zero-order valence-electron chi connectivity index (χ0n) is 13.4. The minimum Gasteiger partial charge on any atom is -0.416 e. The van der Waals surface area contributed by atoms with Crippen LogP contribution in [0.15, 0.2) is 24.3 Å². The third kappa shape index (κ3) is 4.61. The molecule has 0 amide bonds. The van der Waals surface area contributed by atoms with E-state index in [0.717, 1.165) is 39.3 Å². The Morgan fingerprint density at radius 3 is 2.30 bits per heavy atom. The smallest absolute Gasteiger partial charge is 0.183 e. The van der Waals surface area contributed by atoms with Gasteiger partial charge < -0.3 is 9.33 Å². The van der Waals surface area contributed by atoms with Gasteiger partial charge in [0.2, 0.25) is 0 Å². The van der Waals surface area contributed by atoms with E-state index in [9.17, 15) is 0 Å². The largest absolute Gasteiger partial charge is 0.416 e. The molecule has 0 N–H and O–H groups in total. The summed E-state index contributed by atoms with van der Waals surface area (Å²) in [5, 5.41) is 0. The van der Waals surface area contributed by atoms with Crippen molar-refractivity contribution in [1.29, 1.82) is 0 Å². The Hall–Kier alpha value is -0.843. The van der Waals surface area contributed by atoms with E-state index in [1.54, 1.807) is 0 Å². The van der Waals surface area contributed by atoms with Crippen LogP contribution in [-0.2, 0) is 4.43 Å². The fraction of sp³-hybridized carbons (Fsp3) is 0.625. The maximum atomic E-state index is 5.95. The zero-order chi connectivity index (χ0) is 14.6. The van der Waals surface area contributed by atoms with E-state index in [4.69, 9.17) is 4.43 Å². The van der Waals surface area contributed by atoms with Crippen molar-refractivity contribution < 1.29 is 4.43 Å². The van der Waals surface area contributed by atoms with E-state index < -0.39 is 8.32 Å². The summed E-state index contributed by atoms with van der Waals surface area (Å²) in [6, 6.07) is 8.68. The monoisotopic (exact) mass is 292 g/mol. The Morgan fingerprint density at radius 2 is 1.70 bits per heavy atom. The van der Waals surface area contributed by atoms with Gasteiger partial charge in [0.25, 0.3) is 0 Å². The molecule has 0 radical (unpaired) electrons. The molecule has 0 spiro atoms. The van der Waals surface area contributed by atoms with Crippen LogP contribution in [-0.4, -0.2) is 52.5 Å². The van der Waals surface area contributed by atoms with Gasteiger partial charge >= 0.3 is 0 Å². The van der Waals surface area contributed by atoms with Crippen LogP contribution in [0.3, 0.4) is 0 Å². The number of anilines is 1. The van der Waals surface area contributed by atoms with Gasteiger partial charge in [0.1, 0.15) is 0 Å².